The monoisotopic (exact) mass is 350 g/mol. The van der Waals surface area contributed by atoms with Crippen LogP contribution in [0.1, 0.15) is 23.9 Å². The van der Waals surface area contributed by atoms with Gasteiger partial charge in [-0.1, -0.05) is 19.1 Å². The van der Waals surface area contributed by atoms with Crippen LogP contribution in [0.2, 0.25) is 0 Å². The lowest BCUT2D eigenvalue weighted by Gasteiger charge is -2.36. The molecule has 1 saturated heterocycles. The van der Waals surface area contributed by atoms with Gasteiger partial charge in [-0.15, -0.1) is 0 Å². The van der Waals surface area contributed by atoms with E-state index in [-0.39, 0.29) is 5.91 Å². The summed E-state index contributed by atoms with van der Waals surface area (Å²) in [4.78, 5) is 14.5. The molecule has 0 bridgehead atoms. The molecule has 112 valence electrons. The normalized spacial score (nSPS) is 22.7. The minimum Gasteiger partial charge on any atom is -0.450 e. The molecule has 1 aliphatic heterocycles. The van der Waals surface area contributed by atoms with Crippen LogP contribution in [-0.2, 0) is 0 Å². The summed E-state index contributed by atoms with van der Waals surface area (Å²) >= 11 is 3.45. The fraction of sp³-hybridized carbons (Fsp3) is 0.438. The summed E-state index contributed by atoms with van der Waals surface area (Å²) in [6.45, 7) is 4.32. The third kappa shape index (κ3) is 2.72. The maximum absolute atomic E-state index is 12.6. The van der Waals surface area contributed by atoms with Crippen LogP contribution in [0.15, 0.2) is 33.2 Å². The Kier molecular flexibility index (Phi) is 4.04. The first-order valence-electron chi connectivity index (χ1n) is 7.27. The number of hydrogen-bond acceptors (Lipinski definition) is 3. The lowest BCUT2D eigenvalue weighted by atomic mass is 9.87. The number of carbonyl (C=O) groups excluding carboxylic acids is 1. The molecule has 2 heterocycles. The Morgan fingerprint density at radius 1 is 1.52 bits per heavy atom. The van der Waals surface area contributed by atoms with Gasteiger partial charge < -0.3 is 15.1 Å². The van der Waals surface area contributed by atoms with Crippen molar-refractivity contribution in [1.82, 2.24) is 4.90 Å². The maximum atomic E-state index is 12.6. The number of piperidine rings is 1. The topological polar surface area (TPSA) is 59.5 Å². The average molecular weight is 351 g/mol. The van der Waals surface area contributed by atoms with E-state index in [2.05, 4.69) is 22.9 Å². The highest BCUT2D eigenvalue weighted by Gasteiger charge is 2.29. The molecular weight excluding hydrogens is 332 g/mol. The molecular formula is C16H19BrN2O2. The molecule has 3 rings (SSSR count). The van der Waals surface area contributed by atoms with Crippen LogP contribution < -0.4 is 5.73 Å². The van der Waals surface area contributed by atoms with E-state index in [0.717, 1.165) is 28.4 Å². The van der Waals surface area contributed by atoms with Gasteiger partial charge in [0.1, 0.15) is 5.58 Å². The Labute approximate surface area is 132 Å². The number of furan rings is 1. The second-order valence-electron chi connectivity index (χ2n) is 5.78. The number of carbonyl (C=O) groups is 1. The molecule has 2 aromatic rings. The number of para-hydroxylation sites is 1. The molecule has 1 fully saturated rings. The number of rotatable bonds is 2. The van der Waals surface area contributed by atoms with E-state index in [0.29, 0.717) is 30.7 Å². The van der Waals surface area contributed by atoms with Crippen LogP contribution >= 0.6 is 15.9 Å². The maximum Gasteiger partial charge on any atom is 0.289 e. The van der Waals surface area contributed by atoms with E-state index in [1.807, 2.05) is 29.2 Å². The molecule has 1 amide bonds. The van der Waals surface area contributed by atoms with E-state index in [4.69, 9.17) is 10.2 Å². The second kappa shape index (κ2) is 5.81. The van der Waals surface area contributed by atoms with Crippen molar-refractivity contribution < 1.29 is 9.21 Å². The zero-order valence-electron chi connectivity index (χ0n) is 12.0. The molecule has 0 aliphatic carbocycles. The summed E-state index contributed by atoms with van der Waals surface area (Å²) in [5.41, 5.74) is 6.53. The number of amides is 1. The zero-order valence-corrected chi connectivity index (χ0v) is 13.6. The van der Waals surface area contributed by atoms with E-state index in [9.17, 15) is 4.79 Å². The largest absolute Gasteiger partial charge is 0.450 e. The van der Waals surface area contributed by atoms with Crippen LogP contribution in [-0.4, -0.2) is 30.4 Å². The number of likely N-dealkylation sites (tertiary alicyclic amines) is 1. The van der Waals surface area contributed by atoms with Crippen LogP contribution in [0.4, 0.5) is 0 Å². The Morgan fingerprint density at radius 2 is 2.33 bits per heavy atom. The Hall–Kier alpha value is -1.33. The minimum atomic E-state index is -0.0385. The van der Waals surface area contributed by atoms with Crippen molar-refractivity contribution in [3.63, 3.8) is 0 Å². The summed E-state index contributed by atoms with van der Waals surface area (Å²) in [6, 6.07) is 7.61. The summed E-state index contributed by atoms with van der Waals surface area (Å²) in [6.07, 6.45) is 0.998. The quantitative estimate of drug-likeness (QED) is 0.904. The van der Waals surface area contributed by atoms with Crippen molar-refractivity contribution in [1.29, 1.82) is 0 Å². The van der Waals surface area contributed by atoms with Gasteiger partial charge in [-0.3, -0.25) is 4.79 Å². The molecule has 2 atom stereocenters. The lowest BCUT2D eigenvalue weighted by molar-refractivity contribution is 0.0589. The van der Waals surface area contributed by atoms with Crippen LogP contribution in [0, 0.1) is 11.8 Å². The predicted molar refractivity (Wildman–Crippen MR) is 86.1 cm³/mol. The number of nitrogens with two attached hydrogens (primary N) is 1. The van der Waals surface area contributed by atoms with Gasteiger partial charge in [0.15, 0.2) is 5.76 Å². The number of halogens is 1. The molecule has 1 aromatic heterocycles. The highest BCUT2D eigenvalue weighted by molar-refractivity contribution is 9.10. The molecule has 2 N–H and O–H groups in total. The predicted octanol–water partition coefficient (Wildman–Crippen LogP) is 3.25. The molecule has 0 saturated carbocycles. The summed E-state index contributed by atoms with van der Waals surface area (Å²) < 4.78 is 6.61. The molecule has 0 spiro atoms. The SMILES string of the molecule is CC1CCN(C(=O)c2cc3cccc(Br)c3o2)CC1CN. The summed E-state index contributed by atoms with van der Waals surface area (Å²) in [7, 11) is 0. The Morgan fingerprint density at radius 3 is 3.05 bits per heavy atom. The van der Waals surface area contributed by atoms with E-state index in [1.54, 1.807) is 0 Å². The van der Waals surface area contributed by atoms with Crippen LogP contribution in [0.25, 0.3) is 11.0 Å². The van der Waals surface area contributed by atoms with Gasteiger partial charge in [0.05, 0.1) is 4.47 Å². The zero-order chi connectivity index (χ0) is 15.0. The molecule has 4 nitrogen and oxygen atoms in total. The number of nitrogens with zero attached hydrogens (tertiary/aromatic N) is 1. The molecule has 1 aliphatic rings. The second-order valence-corrected chi connectivity index (χ2v) is 6.64. The first kappa shape index (κ1) is 14.6. The van der Waals surface area contributed by atoms with Crippen molar-refractivity contribution >= 4 is 32.8 Å². The third-order valence-corrected chi connectivity index (χ3v) is 5.04. The van der Waals surface area contributed by atoms with Crippen molar-refractivity contribution in [2.75, 3.05) is 19.6 Å². The van der Waals surface area contributed by atoms with Crippen LogP contribution in [0.3, 0.4) is 0 Å². The highest BCUT2D eigenvalue weighted by atomic mass is 79.9. The first-order chi connectivity index (χ1) is 10.1. The number of benzene rings is 1. The van der Waals surface area contributed by atoms with Gasteiger partial charge in [-0.25, -0.2) is 0 Å². The fourth-order valence-corrected chi connectivity index (χ4v) is 3.39. The number of fused-ring (bicyclic) bond motifs is 1. The van der Waals surface area contributed by atoms with Crippen molar-refractivity contribution in [2.45, 2.75) is 13.3 Å². The minimum absolute atomic E-state index is 0.0385. The van der Waals surface area contributed by atoms with Crippen molar-refractivity contribution in [3.05, 3.63) is 34.5 Å². The molecule has 0 radical (unpaired) electrons. The fourth-order valence-electron chi connectivity index (χ4n) is 2.93. The Balaban J connectivity index is 1.85. The van der Waals surface area contributed by atoms with Gasteiger partial charge >= 0.3 is 0 Å². The van der Waals surface area contributed by atoms with Gasteiger partial charge in [0.25, 0.3) is 5.91 Å². The van der Waals surface area contributed by atoms with E-state index in [1.165, 1.54) is 0 Å². The smallest absolute Gasteiger partial charge is 0.289 e. The first-order valence-corrected chi connectivity index (χ1v) is 8.07. The highest BCUT2D eigenvalue weighted by Crippen LogP contribution is 2.29. The molecule has 2 unspecified atom stereocenters. The van der Waals surface area contributed by atoms with Crippen molar-refractivity contribution in [2.24, 2.45) is 17.6 Å². The molecule has 21 heavy (non-hydrogen) atoms. The van der Waals surface area contributed by atoms with Gasteiger partial charge in [-0.2, -0.15) is 0 Å². The molecule has 1 aromatic carbocycles. The van der Waals surface area contributed by atoms with E-state index >= 15 is 0 Å². The Bertz CT molecular complexity index is 667. The third-order valence-electron chi connectivity index (χ3n) is 4.41. The number of hydrogen-bond donors (Lipinski definition) is 1. The summed E-state index contributed by atoms with van der Waals surface area (Å²) in [5.74, 6) is 1.31. The standard InChI is InChI=1S/C16H19BrN2O2/c1-10-5-6-19(9-12(10)8-18)16(20)14-7-11-3-2-4-13(17)15(11)21-14/h2-4,7,10,12H,5-6,8-9,18H2,1H3. The molecule has 5 heteroatoms. The average Bonchev–Trinajstić information content (AvgIpc) is 2.92. The summed E-state index contributed by atoms with van der Waals surface area (Å²) in [5, 5.41) is 0.938. The van der Waals surface area contributed by atoms with Crippen molar-refractivity contribution in [3.8, 4) is 0 Å². The van der Waals surface area contributed by atoms with Gasteiger partial charge in [0, 0.05) is 18.5 Å². The van der Waals surface area contributed by atoms with Crippen LogP contribution in [0.5, 0.6) is 0 Å². The lowest BCUT2D eigenvalue weighted by Crippen LogP contribution is -2.45. The van der Waals surface area contributed by atoms with Gasteiger partial charge in [0.2, 0.25) is 0 Å². The van der Waals surface area contributed by atoms with E-state index < -0.39 is 0 Å². The van der Waals surface area contributed by atoms with Gasteiger partial charge in [-0.05, 0) is 52.9 Å².